The molecule has 0 unspecified atom stereocenters. The minimum absolute atomic E-state index is 0.166. The lowest BCUT2D eigenvalue weighted by molar-refractivity contribution is -0.133. The van der Waals surface area contributed by atoms with Crippen molar-refractivity contribution in [3.8, 4) is 11.5 Å². The lowest BCUT2D eigenvalue weighted by Gasteiger charge is -2.33. The van der Waals surface area contributed by atoms with Crippen LogP contribution in [-0.4, -0.2) is 30.6 Å². The molecule has 1 aliphatic rings. The van der Waals surface area contributed by atoms with Crippen molar-refractivity contribution >= 4 is 44.2 Å². The number of amides is 2. The number of rotatable bonds is 6. The fourth-order valence-electron chi connectivity index (χ4n) is 4.41. The van der Waals surface area contributed by atoms with Gasteiger partial charge in [0.1, 0.15) is 23.1 Å². The van der Waals surface area contributed by atoms with Crippen LogP contribution in [0.4, 0.5) is 5.69 Å². The zero-order chi connectivity index (χ0) is 25.3. The first kappa shape index (κ1) is 25.0. The number of carbonyl (C=O) groups excluding carboxylic acids is 2. The van der Waals surface area contributed by atoms with E-state index in [1.807, 2.05) is 82.3 Å². The standard InChI is InChI=1S/C28H31BrN2O4/c1-6-17(2)26(32)30-25-27(33)31(22-9-7-8-10-24(22)35-28(25,3)4)16-21-20-13-12-19(29)15-18(20)11-14-23(21)34-5/h7-15,17,25H,6,16H2,1-5H3,(H,30,32)/t17-,25-/m1/s1. The number of fused-ring (bicyclic) bond motifs is 2. The quantitative estimate of drug-likeness (QED) is 0.427. The van der Waals surface area contributed by atoms with Gasteiger partial charge < -0.3 is 19.7 Å². The van der Waals surface area contributed by atoms with E-state index in [-0.39, 0.29) is 24.3 Å². The van der Waals surface area contributed by atoms with E-state index in [9.17, 15) is 9.59 Å². The molecule has 6 nitrogen and oxygen atoms in total. The molecular weight excluding hydrogens is 508 g/mol. The summed E-state index contributed by atoms with van der Waals surface area (Å²) in [5.74, 6) is 0.672. The first-order valence-corrected chi connectivity index (χ1v) is 12.6. The Kier molecular flexibility index (Phi) is 7.08. The van der Waals surface area contributed by atoms with Gasteiger partial charge in [-0.3, -0.25) is 9.59 Å². The van der Waals surface area contributed by atoms with E-state index in [2.05, 4.69) is 21.2 Å². The monoisotopic (exact) mass is 538 g/mol. The molecule has 2 amide bonds. The van der Waals surface area contributed by atoms with E-state index in [1.165, 1.54) is 0 Å². The maximum Gasteiger partial charge on any atom is 0.254 e. The van der Waals surface area contributed by atoms with Crippen LogP contribution in [0.1, 0.15) is 39.7 Å². The molecule has 0 radical (unpaired) electrons. The van der Waals surface area contributed by atoms with Crippen LogP contribution in [0.3, 0.4) is 0 Å². The number of para-hydroxylation sites is 2. The molecule has 0 spiro atoms. The fourth-order valence-corrected chi connectivity index (χ4v) is 4.79. The van der Waals surface area contributed by atoms with Gasteiger partial charge in [0.15, 0.2) is 0 Å². The molecule has 2 atom stereocenters. The highest BCUT2D eigenvalue weighted by Crippen LogP contribution is 2.39. The number of anilines is 1. The molecular formula is C28H31BrN2O4. The van der Waals surface area contributed by atoms with Crippen LogP contribution < -0.4 is 19.7 Å². The summed E-state index contributed by atoms with van der Waals surface area (Å²) >= 11 is 3.54. The smallest absolute Gasteiger partial charge is 0.254 e. The molecule has 0 saturated heterocycles. The first-order valence-electron chi connectivity index (χ1n) is 11.8. The molecule has 1 N–H and O–H groups in total. The van der Waals surface area contributed by atoms with Crippen molar-refractivity contribution in [3.63, 3.8) is 0 Å². The van der Waals surface area contributed by atoms with E-state index in [0.717, 1.165) is 20.8 Å². The maximum absolute atomic E-state index is 14.1. The van der Waals surface area contributed by atoms with Crippen LogP contribution >= 0.6 is 15.9 Å². The van der Waals surface area contributed by atoms with E-state index < -0.39 is 11.6 Å². The van der Waals surface area contributed by atoms with Crippen LogP contribution in [0.2, 0.25) is 0 Å². The van der Waals surface area contributed by atoms with Gasteiger partial charge in [0.05, 0.1) is 19.3 Å². The predicted octanol–water partition coefficient (Wildman–Crippen LogP) is 5.85. The van der Waals surface area contributed by atoms with Gasteiger partial charge in [-0.25, -0.2) is 0 Å². The van der Waals surface area contributed by atoms with Crippen molar-refractivity contribution in [1.82, 2.24) is 5.32 Å². The predicted molar refractivity (Wildman–Crippen MR) is 142 cm³/mol. The summed E-state index contributed by atoms with van der Waals surface area (Å²) in [4.78, 5) is 28.7. The van der Waals surface area contributed by atoms with Crippen LogP contribution in [0.25, 0.3) is 10.8 Å². The Morgan fingerprint density at radius 1 is 1.20 bits per heavy atom. The van der Waals surface area contributed by atoms with Gasteiger partial charge in [0.25, 0.3) is 5.91 Å². The first-order chi connectivity index (χ1) is 16.7. The summed E-state index contributed by atoms with van der Waals surface area (Å²) in [6.45, 7) is 7.74. The normalized spacial score (nSPS) is 17.8. The Morgan fingerprint density at radius 2 is 1.94 bits per heavy atom. The topological polar surface area (TPSA) is 67.9 Å². The highest BCUT2D eigenvalue weighted by Gasteiger charge is 2.45. The number of benzene rings is 3. The number of halogens is 1. The average Bonchev–Trinajstić information content (AvgIpc) is 2.91. The molecule has 1 aliphatic heterocycles. The van der Waals surface area contributed by atoms with Crippen LogP contribution in [0.15, 0.2) is 59.1 Å². The van der Waals surface area contributed by atoms with Crippen LogP contribution in [0.5, 0.6) is 11.5 Å². The SMILES string of the molecule is CC[C@@H](C)C(=O)N[C@@H]1C(=O)N(Cc2c(OC)ccc3cc(Br)ccc23)c2ccccc2OC1(C)C. The number of nitrogens with zero attached hydrogens (tertiary/aromatic N) is 1. The van der Waals surface area contributed by atoms with Crippen molar-refractivity contribution in [2.45, 2.75) is 52.3 Å². The minimum Gasteiger partial charge on any atom is -0.496 e. The molecule has 3 aromatic carbocycles. The Bertz CT molecular complexity index is 1270. The van der Waals surface area contributed by atoms with Crippen LogP contribution in [0, 0.1) is 5.92 Å². The second-order valence-corrected chi connectivity index (χ2v) is 10.4. The van der Waals surface area contributed by atoms with Crippen molar-refractivity contribution < 1.29 is 19.1 Å². The van der Waals surface area contributed by atoms with E-state index in [1.54, 1.807) is 12.0 Å². The summed E-state index contributed by atoms with van der Waals surface area (Å²) in [7, 11) is 1.63. The Labute approximate surface area is 214 Å². The van der Waals surface area contributed by atoms with Gasteiger partial charge in [-0.1, -0.05) is 54.0 Å². The molecule has 3 aromatic rings. The summed E-state index contributed by atoms with van der Waals surface area (Å²) in [5.41, 5.74) is 0.577. The van der Waals surface area contributed by atoms with E-state index in [4.69, 9.17) is 9.47 Å². The molecule has 1 heterocycles. The third-order valence-electron chi connectivity index (χ3n) is 6.67. The van der Waals surface area contributed by atoms with Gasteiger partial charge in [0.2, 0.25) is 5.91 Å². The second-order valence-electron chi connectivity index (χ2n) is 9.46. The fraction of sp³-hybridized carbons (Fsp3) is 0.357. The third-order valence-corrected chi connectivity index (χ3v) is 7.16. The summed E-state index contributed by atoms with van der Waals surface area (Å²) < 4.78 is 13.0. The maximum atomic E-state index is 14.1. The zero-order valence-electron chi connectivity index (χ0n) is 20.7. The van der Waals surface area contributed by atoms with E-state index in [0.29, 0.717) is 23.6 Å². The summed E-state index contributed by atoms with van der Waals surface area (Å²) in [6.07, 6.45) is 0.681. The molecule has 184 valence electrons. The van der Waals surface area contributed by atoms with Gasteiger partial charge in [-0.15, -0.1) is 0 Å². The van der Waals surface area contributed by atoms with E-state index >= 15 is 0 Å². The molecule has 0 saturated carbocycles. The average molecular weight is 539 g/mol. The molecule has 4 rings (SSSR count). The number of carbonyl (C=O) groups is 2. The minimum atomic E-state index is -0.960. The lowest BCUT2D eigenvalue weighted by atomic mass is 9.95. The Morgan fingerprint density at radius 3 is 2.66 bits per heavy atom. The summed E-state index contributed by atoms with van der Waals surface area (Å²) in [6, 6.07) is 16.6. The van der Waals surface area contributed by atoms with Gasteiger partial charge in [-0.05, 0) is 61.4 Å². The number of hydrogen-bond donors (Lipinski definition) is 1. The number of ether oxygens (including phenoxy) is 2. The van der Waals surface area contributed by atoms with Gasteiger partial charge in [-0.2, -0.15) is 0 Å². The highest BCUT2D eigenvalue weighted by atomic mass is 79.9. The molecule has 7 heteroatoms. The van der Waals surface area contributed by atoms with Gasteiger partial charge in [0, 0.05) is 16.0 Å². The van der Waals surface area contributed by atoms with Crippen LogP contribution in [-0.2, 0) is 16.1 Å². The number of methoxy groups -OCH3 is 1. The molecule has 0 aliphatic carbocycles. The molecule has 0 bridgehead atoms. The van der Waals surface area contributed by atoms with Crippen molar-refractivity contribution in [2.75, 3.05) is 12.0 Å². The van der Waals surface area contributed by atoms with Crippen molar-refractivity contribution in [1.29, 1.82) is 0 Å². The highest BCUT2D eigenvalue weighted by molar-refractivity contribution is 9.10. The van der Waals surface area contributed by atoms with Gasteiger partial charge >= 0.3 is 0 Å². The number of hydrogen-bond acceptors (Lipinski definition) is 4. The third kappa shape index (κ3) is 4.87. The van der Waals surface area contributed by atoms with Crippen molar-refractivity contribution in [3.05, 3.63) is 64.6 Å². The lowest BCUT2D eigenvalue weighted by Crippen LogP contribution is -2.60. The zero-order valence-corrected chi connectivity index (χ0v) is 22.3. The second kappa shape index (κ2) is 9.90. The Balaban J connectivity index is 1.84. The summed E-state index contributed by atoms with van der Waals surface area (Å²) in [5, 5.41) is 5.00. The molecule has 0 aromatic heterocycles. The Hall–Kier alpha value is -3.06. The number of nitrogens with one attached hydrogen (secondary N) is 1. The molecule has 35 heavy (non-hydrogen) atoms. The molecule has 0 fully saturated rings. The van der Waals surface area contributed by atoms with Crippen molar-refractivity contribution in [2.24, 2.45) is 5.92 Å². The largest absolute Gasteiger partial charge is 0.496 e.